The van der Waals surface area contributed by atoms with Gasteiger partial charge in [0.15, 0.2) is 12.4 Å². The Morgan fingerprint density at radius 2 is 1.60 bits per heavy atom. The van der Waals surface area contributed by atoms with E-state index in [1.54, 1.807) is 25.1 Å². The average molecular weight is 485 g/mol. The van der Waals surface area contributed by atoms with Crippen molar-refractivity contribution in [3.8, 4) is 16.9 Å². The van der Waals surface area contributed by atoms with E-state index in [2.05, 4.69) is 13.8 Å². The highest BCUT2D eigenvalue weighted by atomic mass is 19.4. The highest BCUT2D eigenvalue weighted by Crippen LogP contribution is 2.32. The molecule has 0 spiro atoms. The van der Waals surface area contributed by atoms with Crippen molar-refractivity contribution in [2.45, 2.75) is 45.7 Å². The molecule has 0 aliphatic carbocycles. The molecule has 3 aromatic rings. The van der Waals surface area contributed by atoms with Crippen LogP contribution in [0.3, 0.4) is 0 Å². The number of hydrogen-bond donors (Lipinski definition) is 1. The van der Waals surface area contributed by atoms with E-state index in [1.165, 1.54) is 12.1 Å². The van der Waals surface area contributed by atoms with Crippen LogP contribution in [0.25, 0.3) is 11.1 Å². The molecule has 0 aliphatic rings. The monoisotopic (exact) mass is 484 g/mol. The Morgan fingerprint density at radius 3 is 2.17 bits per heavy atom. The Kier molecular flexibility index (Phi) is 7.99. The molecular weight excluding hydrogens is 457 g/mol. The number of hydrogen-bond acceptors (Lipinski definition) is 3. The molecule has 0 radical (unpaired) electrons. The van der Waals surface area contributed by atoms with Gasteiger partial charge in [0.25, 0.3) is 0 Å². The third-order valence-electron chi connectivity index (χ3n) is 5.78. The van der Waals surface area contributed by atoms with E-state index in [9.17, 15) is 22.8 Å². The quantitative estimate of drug-likeness (QED) is 0.330. The van der Waals surface area contributed by atoms with Crippen LogP contribution in [-0.2, 0) is 17.4 Å². The predicted octanol–water partition coefficient (Wildman–Crippen LogP) is 7.08. The molecule has 35 heavy (non-hydrogen) atoms. The molecule has 0 heterocycles. The highest BCUT2D eigenvalue weighted by Gasteiger charge is 2.30. The van der Waals surface area contributed by atoms with Gasteiger partial charge < -0.3 is 9.84 Å². The molecule has 3 rings (SSSR count). The number of carbonyl (C=O) groups excluding carboxylic acids is 1. The number of carboxylic acid groups (broad SMARTS) is 1. The molecule has 0 amide bonds. The summed E-state index contributed by atoms with van der Waals surface area (Å²) in [4.78, 5) is 23.6. The lowest BCUT2D eigenvalue weighted by molar-refractivity contribution is -0.139. The SMILES string of the molecule is Cc1cc(C(=O)CCc2cc(-c3ccc(C(F)(F)F)cc3)ccc2C(C)C)ccc1OCC(=O)O. The molecule has 0 aliphatic heterocycles. The van der Waals surface area contributed by atoms with E-state index in [1.807, 2.05) is 18.2 Å². The summed E-state index contributed by atoms with van der Waals surface area (Å²) in [5.74, 6) is -0.512. The number of halogens is 3. The van der Waals surface area contributed by atoms with Crippen LogP contribution in [0.4, 0.5) is 13.2 Å². The molecule has 0 atom stereocenters. The van der Waals surface area contributed by atoms with E-state index in [0.29, 0.717) is 28.9 Å². The third kappa shape index (κ3) is 6.72. The van der Waals surface area contributed by atoms with Gasteiger partial charge in [0.2, 0.25) is 0 Å². The Morgan fingerprint density at radius 1 is 0.943 bits per heavy atom. The number of carboxylic acids is 1. The fraction of sp³-hybridized carbons (Fsp3) is 0.286. The van der Waals surface area contributed by atoms with Gasteiger partial charge in [0, 0.05) is 12.0 Å². The summed E-state index contributed by atoms with van der Waals surface area (Å²) in [5.41, 5.74) is 4.01. The van der Waals surface area contributed by atoms with Crippen LogP contribution in [0, 0.1) is 6.92 Å². The maximum Gasteiger partial charge on any atom is 0.416 e. The van der Waals surface area contributed by atoms with E-state index >= 15 is 0 Å². The zero-order valence-corrected chi connectivity index (χ0v) is 19.8. The zero-order chi connectivity index (χ0) is 25.8. The first kappa shape index (κ1) is 26.0. The smallest absolute Gasteiger partial charge is 0.416 e. The van der Waals surface area contributed by atoms with Gasteiger partial charge in [-0.15, -0.1) is 0 Å². The maximum atomic E-state index is 12.9. The Bertz CT molecular complexity index is 1210. The molecule has 0 saturated heterocycles. The van der Waals surface area contributed by atoms with Gasteiger partial charge >= 0.3 is 12.1 Å². The zero-order valence-electron chi connectivity index (χ0n) is 19.8. The minimum absolute atomic E-state index is 0.0625. The number of ketones is 1. The molecule has 4 nitrogen and oxygen atoms in total. The molecular formula is C28H27F3O4. The van der Waals surface area contributed by atoms with Crippen LogP contribution < -0.4 is 4.74 Å². The van der Waals surface area contributed by atoms with Gasteiger partial charge in [-0.1, -0.05) is 44.2 Å². The number of alkyl halides is 3. The van der Waals surface area contributed by atoms with Gasteiger partial charge in [-0.25, -0.2) is 4.79 Å². The molecule has 3 aromatic carbocycles. The largest absolute Gasteiger partial charge is 0.482 e. The summed E-state index contributed by atoms with van der Waals surface area (Å²) in [6, 6.07) is 15.8. The third-order valence-corrected chi connectivity index (χ3v) is 5.78. The molecule has 1 N–H and O–H groups in total. The molecule has 0 saturated carbocycles. The number of carbonyl (C=O) groups is 2. The fourth-order valence-electron chi connectivity index (χ4n) is 3.93. The first-order valence-electron chi connectivity index (χ1n) is 11.2. The molecule has 0 fully saturated rings. The van der Waals surface area contributed by atoms with Crippen molar-refractivity contribution < 1.29 is 32.6 Å². The lowest BCUT2D eigenvalue weighted by atomic mass is 9.90. The van der Waals surface area contributed by atoms with E-state index in [-0.39, 0.29) is 18.1 Å². The minimum Gasteiger partial charge on any atom is -0.482 e. The summed E-state index contributed by atoms with van der Waals surface area (Å²) in [7, 11) is 0. The topological polar surface area (TPSA) is 63.6 Å². The first-order chi connectivity index (χ1) is 16.5. The van der Waals surface area contributed by atoms with Gasteiger partial charge in [-0.05, 0) is 77.4 Å². The van der Waals surface area contributed by atoms with Crippen molar-refractivity contribution in [2.75, 3.05) is 6.61 Å². The van der Waals surface area contributed by atoms with Crippen molar-refractivity contribution in [1.29, 1.82) is 0 Å². The van der Waals surface area contributed by atoms with Crippen molar-refractivity contribution >= 4 is 11.8 Å². The van der Waals surface area contributed by atoms with Gasteiger partial charge in [0.1, 0.15) is 5.75 Å². The second-order valence-electron chi connectivity index (χ2n) is 8.73. The number of benzene rings is 3. The van der Waals surface area contributed by atoms with Crippen LogP contribution in [0.5, 0.6) is 5.75 Å². The summed E-state index contributed by atoms with van der Waals surface area (Å²) < 4.78 is 43.9. The molecule has 7 heteroatoms. The summed E-state index contributed by atoms with van der Waals surface area (Å²) >= 11 is 0. The number of ether oxygens (including phenoxy) is 1. The first-order valence-corrected chi connectivity index (χ1v) is 11.2. The average Bonchev–Trinajstić information content (AvgIpc) is 2.80. The van der Waals surface area contributed by atoms with Gasteiger partial charge in [-0.2, -0.15) is 13.2 Å². The predicted molar refractivity (Wildman–Crippen MR) is 128 cm³/mol. The van der Waals surface area contributed by atoms with Gasteiger partial charge in [-0.3, -0.25) is 4.79 Å². The van der Waals surface area contributed by atoms with Crippen molar-refractivity contribution in [2.24, 2.45) is 0 Å². The molecule has 0 unspecified atom stereocenters. The Hall–Kier alpha value is -3.61. The maximum absolute atomic E-state index is 12.9. The molecule has 0 aromatic heterocycles. The van der Waals surface area contributed by atoms with Crippen LogP contribution in [-0.4, -0.2) is 23.5 Å². The summed E-state index contributed by atoms with van der Waals surface area (Å²) in [6.45, 7) is 5.40. The summed E-state index contributed by atoms with van der Waals surface area (Å²) in [6.07, 6.45) is -3.65. The number of aliphatic carboxylic acids is 1. The van der Waals surface area contributed by atoms with E-state index in [0.717, 1.165) is 28.8 Å². The van der Waals surface area contributed by atoms with Crippen LogP contribution in [0.15, 0.2) is 60.7 Å². The Labute approximate surface area is 202 Å². The second-order valence-corrected chi connectivity index (χ2v) is 8.73. The fourth-order valence-corrected chi connectivity index (χ4v) is 3.93. The highest BCUT2D eigenvalue weighted by molar-refractivity contribution is 5.96. The van der Waals surface area contributed by atoms with Crippen molar-refractivity contribution in [3.05, 3.63) is 88.5 Å². The van der Waals surface area contributed by atoms with Crippen molar-refractivity contribution in [1.82, 2.24) is 0 Å². The second kappa shape index (κ2) is 10.8. The van der Waals surface area contributed by atoms with Gasteiger partial charge in [0.05, 0.1) is 5.56 Å². The number of aryl methyl sites for hydroxylation is 2. The molecule has 184 valence electrons. The van der Waals surface area contributed by atoms with Crippen LogP contribution in [0.1, 0.15) is 58.8 Å². The van der Waals surface area contributed by atoms with E-state index in [4.69, 9.17) is 9.84 Å². The lowest BCUT2D eigenvalue weighted by Crippen LogP contribution is -2.10. The molecule has 0 bridgehead atoms. The van der Waals surface area contributed by atoms with Crippen LogP contribution in [0.2, 0.25) is 0 Å². The van der Waals surface area contributed by atoms with Crippen molar-refractivity contribution in [3.63, 3.8) is 0 Å². The number of rotatable bonds is 9. The summed E-state index contributed by atoms with van der Waals surface area (Å²) in [5, 5.41) is 8.76. The number of Topliss-reactive ketones (excluding diaryl/α,β-unsaturated/α-hetero) is 1. The minimum atomic E-state index is -4.38. The Balaban J connectivity index is 1.78. The normalized spacial score (nSPS) is 11.5. The standard InChI is InChI=1S/C28H27F3O4/c1-17(2)24-11-6-20(19-4-9-23(10-5-19)28(29,30)31)15-21(24)7-12-25(32)22-8-13-26(18(3)14-22)35-16-27(33)34/h4-6,8-11,13-15,17H,7,12,16H2,1-3H3,(H,33,34). The van der Waals surface area contributed by atoms with Crippen LogP contribution >= 0.6 is 0 Å². The van der Waals surface area contributed by atoms with E-state index < -0.39 is 24.3 Å². The lowest BCUT2D eigenvalue weighted by Gasteiger charge is -2.15.